The van der Waals surface area contributed by atoms with Gasteiger partial charge in [0.05, 0.1) is 23.0 Å². The molecule has 0 aromatic carbocycles. The minimum atomic E-state index is -0.722. The zero-order chi connectivity index (χ0) is 27.4. The maximum Gasteiger partial charge on any atom is 0.147 e. The van der Waals surface area contributed by atoms with E-state index in [1.165, 1.54) is 23.0 Å². The summed E-state index contributed by atoms with van der Waals surface area (Å²) in [6, 6.07) is 6.13. The summed E-state index contributed by atoms with van der Waals surface area (Å²) in [6.07, 6.45) is 13.1. The van der Waals surface area contributed by atoms with Gasteiger partial charge >= 0.3 is 0 Å². The SMILES string of the molecule is CN1C2=NC(N3CCC4(CC3)Cc3ccc(N5CC(F)C5)nc3C4)=CC=NC1=C(Sc1ccnc(N)c1Cl)C=C2. The molecule has 2 aromatic rings. The number of fused-ring (bicyclic) bond motifs is 3. The van der Waals surface area contributed by atoms with Crippen LogP contribution in [-0.4, -0.2) is 71.2 Å². The number of pyridine rings is 2. The number of aromatic nitrogens is 2. The predicted molar refractivity (Wildman–Crippen MR) is 159 cm³/mol. The van der Waals surface area contributed by atoms with E-state index < -0.39 is 6.17 Å². The van der Waals surface area contributed by atoms with Crippen molar-refractivity contribution in [2.45, 2.75) is 36.8 Å². The number of aliphatic imine (C=N–C) groups is 2. The molecule has 2 fully saturated rings. The summed E-state index contributed by atoms with van der Waals surface area (Å²) >= 11 is 7.90. The van der Waals surface area contributed by atoms with Crippen LogP contribution in [0.25, 0.3) is 0 Å². The van der Waals surface area contributed by atoms with Crippen molar-refractivity contribution < 1.29 is 4.39 Å². The highest BCUT2D eigenvalue weighted by atomic mass is 35.5. The standard InChI is InChI=1S/C29H30ClFN8S/c1-37-23-5-3-22(40-21-6-10-33-27(32)26(21)30)28(37)34-11-7-25(36-23)38-12-8-29(9-13-38)14-18-2-4-24(35-20(18)15-29)39-16-19(31)17-39/h2-7,10-11,19H,8-9,12-17H2,1H3,(H2,32,33). The molecule has 0 unspecified atom stereocenters. The lowest BCUT2D eigenvalue weighted by Gasteiger charge is -2.40. The molecule has 0 amide bonds. The van der Waals surface area contributed by atoms with Crippen LogP contribution in [0.2, 0.25) is 5.02 Å². The highest BCUT2D eigenvalue weighted by Gasteiger charge is 2.41. The number of nitrogens with two attached hydrogens (primary N) is 1. The van der Waals surface area contributed by atoms with E-state index in [4.69, 9.17) is 32.3 Å². The van der Waals surface area contributed by atoms with Gasteiger partial charge in [0, 0.05) is 43.1 Å². The van der Waals surface area contributed by atoms with Crippen molar-refractivity contribution in [1.82, 2.24) is 19.8 Å². The van der Waals surface area contributed by atoms with Crippen molar-refractivity contribution in [3.05, 3.63) is 75.5 Å². The number of likely N-dealkylation sites (N-methyl/N-ethyl adjacent to an activating group) is 1. The number of nitrogen functional groups attached to an aromatic ring is 1. The van der Waals surface area contributed by atoms with Crippen LogP contribution in [0.3, 0.4) is 0 Å². The van der Waals surface area contributed by atoms with Crippen LogP contribution in [-0.2, 0) is 12.8 Å². The van der Waals surface area contributed by atoms with Gasteiger partial charge in [0.2, 0.25) is 0 Å². The molecule has 5 aliphatic rings. The molecular weight excluding hydrogens is 547 g/mol. The summed E-state index contributed by atoms with van der Waals surface area (Å²) in [4.78, 5) is 27.0. The quantitative estimate of drug-likeness (QED) is 0.557. The highest BCUT2D eigenvalue weighted by molar-refractivity contribution is 8.03. The second-order valence-corrected chi connectivity index (χ2v) is 12.5. The van der Waals surface area contributed by atoms with Gasteiger partial charge in [-0.1, -0.05) is 29.4 Å². The summed E-state index contributed by atoms with van der Waals surface area (Å²) in [5.74, 6) is 3.82. The van der Waals surface area contributed by atoms with E-state index in [1.807, 2.05) is 47.4 Å². The molecule has 0 atom stereocenters. The van der Waals surface area contributed by atoms with Gasteiger partial charge in [-0.3, -0.25) is 0 Å². The molecule has 0 saturated carbocycles. The van der Waals surface area contributed by atoms with Crippen LogP contribution in [0.15, 0.2) is 74.1 Å². The summed E-state index contributed by atoms with van der Waals surface area (Å²) in [5.41, 5.74) is 8.69. The highest BCUT2D eigenvalue weighted by Crippen LogP contribution is 2.45. The first-order valence-corrected chi connectivity index (χ1v) is 14.8. The lowest BCUT2D eigenvalue weighted by Crippen LogP contribution is -2.48. The first kappa shape index (κ1) is 25.6. The maximum absolute atomic E-state index is 13.3. The van der Waals surface area contributed by atoms with Crippen LogP contribution < -0.4 is 10.6 Å². The number of nitrogens with zero attached hydrogens (tertiary/aromatic N) is 7. The summed E-state index contributed by atoms with van der Waals surface area (Å²) in [6.45, 7) is 2.80. The van der Waals surface area contributed by atoms with E-state index in [-0.39, 0.29) is 5.41 Å². The Kier molecular flexibility index (Phi) is 6.35. The van der Waals surface area contributed by atoms with Gasteiger partial charge < -0.3 is 20.4 Å². The first-order chi connectivity index (χ1) is 19.4. The Balaban J connectivity index is 1.05. The van der Waals surface area contributed by atoms with Crippen LogP contribution in [0.4, 0.5) is 16.0 Å². The Hall–Kier alpha value is -3.37. The fraction of sp³-hybridized carbons (Fsp3) is 0.379. The third-order valence-corrected chi connectivity index (χ3v) is 10.1. The van der Waals surface area contributed by atoms with Crippen LogP contribution in [0.1, 0.15) is 24.1 Å². The number of allylic oxidation sites excluding steroid dienone is 2. The number of piperidine rings is 1. The average molecular weight is 577 g/mol. The molecule has 206 valence electrons. The van der Waals surface area contributed by atoms with Gasteiger partial charge in [-0.05, 0) is 67.0 Å². The topological polar surface area (TPSA) is 86.2 Å². The molecule has 2 N–H and O–H groups in total. The Morgan fingerprint density at radius 3 is 2.73 bits per heavy atom. The molecule has 11 heteroatoms. The number of anilines is 2. The average Bonchev–Trinajstić information content (AvgIpc) is 3.28. The Bertz CT molecular complexity index is 1520. The zero-order valence-corrected chi connectivity index (χ0v) is 23.8. The molecule has 2 aromatic heterocycles. The number of hydrogen-bond donors (Lipinski definition) is 1. The van der Waals surface area contributed by atoms with Gasteiger partial charge in [0.1, 0.15) is 35.3 Å². The normalized spacial score (nSPS) is 21.7. The number of hydrogen-bond acceptors (Lipinski definition) is 9. The molecule has 4 aliphatic heterocycles. The largest absolute Gasteiger partial charge is 0.382 e. The van der Waals surface area contributed by atoms with Crippen LogP contribution >= 0.6 is 23.4 Å². The van der Waals surface area contributed by atoms with Gasteiger partial charge in [-0.2, -0.15) is 0 Å². The van der Waals surface area contributed by atoms with Crippen LogP contribution in [0.5, 0.6) is 0 Å². The first-order valence-electron chi connectivity index (χ1n) is 13.6. The lowest BCUT2D eigenvalue weighted by molar-refractivity contribution is 0.135. The molecule has 6 heterocycles. The third kappa shape index (κ3) is 4.56. The van der Waals surface area contributed by atoms with E-state index in [9.17, 15) is 4.39 Å². The van der Waals surface area contributed by atoms with Crippen molar-refractivity contribution in [3.8, 4) is 0 Å². The summed E-state index contributed by atoms with van der Waals surface area (Å²) in [5, 5.41) is 0.448. The number of thioether (sulfide) groups is 1. The fourth-order valence-electron chi connectivity index (χ4n) is 6.10. The minimum Gasteiger partial charge on any atom is -0.382 e. The van der Waals surface area contributed by atoms with Crippen LogP contribution in [0, 0.1) is 5.41 Å². The van der Waals surface area contributed by atoms with Crippen molar-refractivity contribution in [2.24, 2.45) is 15.4 Å². The third-order valence-electron chi connectivity index (χ3n) is 8.49. The number of rotatable bonds is 4. The number of halogens is 2. The molecule has 0 radical (unpaired) electrons. The lowest BCUT2D eigenvalue weighted by atomic mass is 9.76. The van der Waals surface area contributed by atoms with E-state index >= 15 is 0 Å². The zero-order valence-electron chi connectivity index (χ0n) is 22.2. The summed E-state index contributed by atoms with van der Waals surface area (Å²) < 4.78 is 13.3. The molecule has 2 saturated heterocycles. The van der Waals surface area contributed by atoms with Gasteiger partial charge in [0.15, 0.2) is 0 Å². The maximum atomic E-state index is 13.3. The smallest absolute Gasteiger partial charge is 0.147 e. The minimum absolute atomic E-state index is 0.243. The van der Waals surface area contributed by atoms with E-state index in [1.54, 1.807) is 6.20 Å². The second kappa shape index (κ2) is 9.92. The summed E-state index contributed by atoms with van der Waals surface area (Å²) in [7, 11) is 1.98. The van der Waals surface area contributed by atoms with Crippen molar-refractivity contribution in [2.75, 3.05) is 43.9 Å². The monoisotopic (exact) mass is 576 g/mol. The molecule has 2 bridgehead atoms. The van der Waals surface area contributed by atoms with Gasteiger partial charge in [-0.25, -0.2) is 24.3 Å². The Morgan fingerprint density at radius 1 is 1.10 bits per heavy atom. The number of alkyl halides is 1. The molecule has 7 rings (SSSR count). The fourth-order valence-corrected chi connectivity index (χ4v) is 7.31. The van der Waals surface area contributed by atoms with E-state index in [0.717, 1.165) is 71.9 Å². The van der Waals surface area contributed by atoms with Gasteiger partial charge in [0.25, 0.3) is 0 Å². The van der Waals surface area contributed by atoms with Crippen molar-refractivity contribution in [3.63, 3.8) is 0 Å². The number of likely N-dealkylation sites (tertiary alicyclic amines) is 1. The second-order valence-electron chi connectivity index (χ2n) is 11.1. The Morgan fingerprint density at radius 2 is 1.93 bits per heavy atom. The Labute approximate surface area is 242 Å². The molecule has 8 nitrogen and oxygen atoms in total. The molecule has 1 aliphatic carbocycles. The molecular formula is C29H30ClFN8S. The van der Waals surface area contributed by atoms with Crippen molar-refractivity contribution >= 4 is 47.0 Å². The van der Waals surface area contributed by atoms with Crippen molar-refractivity contribution in [1.29, 1.82) is 0 Å². The number of amidine groups is 1. The molecule has 1 spiro atoms. The predicted octanol–water partition coefficient (Wildman–Crippen LogP) is 4.84. The van der Waals surface area contributed by atoms with E-state index in [0.29, 0.717) is 23.9 Å². The van der Waals surface area contributed by atoms with E-state index in [2.05, 4.69) is 22.0 Å². The molecule has 40 heavy (non-hydrogen) atoms. The van der Waals surface area contributed by atoms with Gasteiger partial charge in [-0.15, -0.1) is 0 Å².